The lowest BCUT2D eigenvalue weighted by atomic mass is 9.95. The van der Waals surface area contributed by atoms with Crippen LogP contribution < -0.4 is 10.5 Å². The highest BCUT2D eigenvalue weighted by atomic mass is 35.5. The summed E-state index contributed by atoms with van der Waals surface area (Å²) in [6.45, 7) is 0. The van der Waals surface area contributed by atoms with Gasteiger partial charge in [0.25, 0.3) is 0 Å². The van der Waals surface area contributed by atoms with Gasteiger partial charge in [0, 0.05) is 19.6 Å². The lowest BCUT2D eigenvalue weighted by Crippen LogP contribution is -2.29. The Morgan fingerprint density at radius 3 is 2.76 bits per heavy atom. The predicted octanol–water partition coefficient (Wildman–Crippen LogP) is 3.26. The molecule has 0 aliphatic heterocycles. The van der Waals surface area contributed by atoms with Gasteiger partial charge >= 0.3 is 0 Å². The Labute approximate surface area is 107 Å². The second-order valence-electron chi connectivity index (χ2n) is 4.45. The van der Waals surface area contributed by atoms with Gasteiger partial charge in [-0.1, -0.05) is 11.6 Å². The maximum atomic E-state index is 5.96. The molecule has 1 saturated carbocycles. The van der Waals surface area contributed by atoms with E-state index < -0.39 is 0 Å². The molecule has 94 valence electrons. The molecule has 1 aromatic rings. The summed E-state index contributed by atoms with van der Waals surface area (Å²) in [6, 6.07) is 5.40. The molecular weight excluding hydrogens is 238 g/mol. The van der Waals surface area contributed by atoms with Crippen molar-refractivity contribution in [3.05, 3.63) is 23.2 Å². The number of benzene rings is 1. The van der Waals surface area contributed by atoms with Gasteiger partial charge in [0.15, 0.2) is 0 Å². The van der Waals surface area contributed by atoms with Crippen molar-refractivity contribution >= 4 is 17.3 Å². The van der Waals surface area contributed by atoms with E-state index in [1.54, 1.807) is 19.2 Å². The summed E-state index contributed by atoms with van der Waals surface area (Å²) in [5.41, 5.74) is 6.24. The average molecular weight is 256 g/mol. The molecule has 3 nitrogen and oxygen atoms in total. The van der Waals surface area contributed by atoms with E-state index in [2.05, 4.69) is 0 Å². The van der Waals surface area contributed by atoms with Crippen LogP contribution in [0, 0.1) is 0 Å². The molecule has 17 heavy (non-hydrogen) atoms. The molecule has 4 heteroatoms. The molecule has 1 aromatic carbocycles. The van der Waals surface area contributed by atoms with Gasteiger partial charge in [-0.05, 0) is 31.4 Å². The molecule has 1 aliphatic carbocycles. The predicted molar refractivity (Wildman–Crippen MR) is 69.5 cm³/mol. The maximum absolute atomic E-state index is 5.96. The second kappa shape index (κ2) is 5.61. The zero-order valence-electron chi connectivity index (χ0n) is 9.99. The summed E-state index contributed by atoms with van der Waals surface area (Å²) < 4.78 is 11.3. The van der Waals surface area contributed by atoms with Gasteiger partial charge in [-0.25, -0.2) is 0 Å². The van der Waals surface area contributed by atoms with Crippen LogP contribution in [0.15, 0.2) is 18.2 Å². The molecule has 0 spiro atoms. The Balaban J connectivity index is 1.97. The topological polar surface area (TPSA) is 44.5 Å². The fourth-order valence-electron chi connectivity index (χ4n) is 2.20. The van der Waals surface area contributed by atoms with E-state index >= 15 is 0 Å². The first-order chi connectivity index (χ1) is 8.19. The molecule has 0 bridgehead atoms. The largest absolute Gasteiger partial charge is 0.490 e. The molecule has 1 fully saturated rings. The lowest BCUT2D eigenvalue weighted by molar-refractivity contribution is 0.0210. The monoisotopic (exact) mass is 255 g/mol. The van der Waals surface area contributed by atoms with Crippen molar-refractivity contribution in [2.24, 2.45) is 0 Å². The number of hydrogen-bond acceptors (Lipinski definition) is 3. The Morgan fingerprint density at radius 2 is 2.06 bits per heavy atom. The first-order valence-corrected chi connectivity index (χ1v) is 6.31. The summed E-state index contributed by atoms with van der Waals surface area (Å²) >= 11 is 5.96. The summed E-state index contributed by atoms with van der Waals surface area (Å²) in [7, 11) is 1.76. The SMILES string of the molecule is COC1CCCC(Oc2ccc(N)c(Cl)c2)C1. The third-order valence-electron chi connectivity index (χ3n) is 3.19. The number of ether oxygens (including phenoxy) is 2. The normalized spacial score (nSPS) is 24.6. The Bertz CT molecular complexity index is 384. The lowest BCUT2D eigenvalue weighted by Gasteiger charge is -2.28. The van der Waals surface area contributed by atoms with Crippen molar-refractivity contribution in [3.8, 4) is 5.75 Å². The van der Waals surface area contributed by atoms with E-state index in [-0.39, 0.29) is 6.10 Å². The second-order valence-corrected chi connectivity index (χ2v) is 4.85. The molecular formula is C13H18ClNO2. The smallest absolute Gasteiger partial charge is 0.121 e. The number of rotatable bonds is 3. The highest BCUT2D eigenvalue weighted by Gasteiger charge is 2.23. The van der Waals surface area contributed by atoms with Crippen LogP contribution in [0.5, 0.6) is 5.75 Å². The summed E-state index contributed by atoms with van der Waals surface area (Å²) in [5, 5.41) is 0.543. The Kier molecular flexibility index (Phi) is 4.13. The molecule has 0 saturated heterocycles. The van der Waals surface area contributed by atoms with Crippen LogP contribution in [-0.4, -0.2) is 19.3 Å². The zero-order chi connectivity index (χ0) is 12.3. The fraction of sp³-hybridized carbons (Fsp3) is 0.538. The van der Waals surface area contributed by atoms with Gasteiger partial charge in [0.2, 0.25) is 0 Å². The first-order valence-electron chi connectivity index (χ1n) is 5.93. The Morgan fingerprint density at radius 1 is 1.29 bits per heavy atom. The van der Waals surface area contributed by atoms with Crippen molar-refractivity contribution in [3.63, 3.8) is 0 Å². The van der Waals surface area contributed by atoms with Crippen LogP contribution in [0.2, 0.25) is 5.02 Å². The number of methoxy groups -OCH3 is 1. The third-order valence-corrected chi connectivity index (χ3v) is 3.51. The number of nitrogens with two attached hydrogens (primary N) is 1. The molecule has 0 aromatic heterocycles. The fourth-order valence-corrected chi connectivity index (χ4v) is 2.37. The quantitative estimate of drug-likeness (QED) is 0.844. The van der Waals surface area contributed by atoms with E-state index in [0.717, 1.165) is 31.4 Å². The minimum atomic E-state index is 0.216. The number of nitrogen functional groups attached to an aromatic ring is 1. The molecule has 2 atom stereocenters. The molecule has 2 N–H and O–H groups in total. The average Bonchev–Trinajstić information content (AvgIpc) is 2.34. The number of halogens is 1. The van der Waals surface area contributed by atoms with Crippen LogP contribution in [0.4, 0.5) is 5.69 Å². The Hall–Kier alpha value is -0.930. The van der Waals surface area contributed by atoms with Gasteiger partial charge in [-0.15, -0.1) is 0 Å². The first kappa shape index (κ1) is 12.5. The summed E-state index contributed by atoms with van der Waals surface area (Å²) in [6.07, 6.45) is 4.82. The van der Waals surface area contributed by atoms with E-state index in [1.807, 2.05) is 6.07 Å². The molecule has 1 aliphatic rings. The maximum Gasteiger partial charge on any atom is 0.121 e. The van der Waals surface area contributed by atoms with Gasteiger partial charge in [0.05, 0.1) is 16.8 Å². The van der Waals surface area contributed by atoms with Crippen LogP contribution in [0.25, 0.3) is 0 Å². The molecule has 0 amide bonds. The number of anilines is 1. The van der Waals surface area contributed by atoms with Crippen molar-refractivity contribution in [1.82, 2.24) is 0 Å². The summed E-state index contributed by atoms with van der Waals surface area (Å²) in [4.78, 5) is 0. The summed E-state index contributed by atoms with van der Waals surface area (Å²) in [5.74, 6) is 0.783. The van der Waals surface area contributed by atoms with Crippen molar-refractivity contribution in [1.29, 1.82) is 0 Å². The van der Waals surface area contributed by atoms with Gasteiger partial charge < -0.3 is 15.2 Å². The van der Waals surface area contributed by atoms with Crippen LogP contribution in [0.3, 0.4) is 0 Å². The van der Waals surface area contributed by atoms with Crippen molar-refractivity contribution in [2.75, 3.05) is 12.8 Å². The standard InChI is InChI=1S/C13H18ClNO2/c1-16-9-3-2-4-10(7-9)17-11-5-6-13(15)12(14)8-11/h5-6,8-10H,2-4,7,15H2,1H3. The third kappa shape index (κ3) is 3.27. The van der Waals surface area contributed by atoms with E-state index in [0.29, 0.717) is 16.8 Å². The van der Waals surface area contributed by atoms with Gasteiger partial charge in [0.1, 0.15) is 11.9 Å². The minimum absolute atomic E-state index is 0.216. The van der Waals surface area contributed by atoms with Crippen molar-refractivity contribution in [2.45, 2.75) is 37.9 Å². The van der Waals surface area contributed by atoms with Crippen LogP contribution in [0.1, 0.15) is 25.7 Å². The van der Waals surface area contributed by atoms with Crippen molar-refractivity contribution < 1.29 is 9.47 Å². The van der Waals surface area contributed by atoms with E-state index in [4.69, 9.17) is 26.8 Å². The van der Waals surface area contributed by atoms with Crippen LogP contribution in [-0.2, 0) is 4.74 Å². The van der Waals surface area contributed by atoms with E-state index in [9.17, 15) is 0 Å². The van der Waals surface area contributed by atoms with Gasteiger partial charge in [-0.2, -0.15) is 0 Å². The zero-order valence-corrected chi connectivity index (χ0v) is 10.7. The minimum Gasteiger partial charge on any atom is -0.490 e. The molecule has 2 unspecified atom stereocenters. The molecule has 0 heterocycles. The van der Waals surface area contributed by atoms with E-state index in [1.165, 1.54) is 0 Å². The van der Waals surface area contributed by atoms with Crippen LogP contribution >= 0.6 is 11.6 Å². The van der Waals surface area contributed by atoms with Gasteiger partial charge in [-0.3, -0.25) is 0 Å². The highest BCUT2D eigenvalue weighted by molar-refractivity contribution is 6.33. The molecule has 0 radical (unpaired) electrons. The number of hydrogen-bond donors (Lipinski definition) is 1. The molecule has 2 rings (SSSR count). The highest BCUT2D eigenvalue weighted by Crippen LogP contribution is 2.28.